The lowest BCUT2D eigenvalue weighted by atomic mass is 9.50. The smallest absolute Gasteiger partial charge is 0.174 e. The van der Waals surface area contributed by atoms with Gasteiger partial charge in [0.15, 0.2) is 5.79 Å². The van der Waals surface area contributed by atoms with Crippen LogP contribution in [0.1, 0.15) is 58.8 Å². The Hall–Kier alpha value is -0.380. The van der Waals surface area contributed by atoms with Gasteiger partial charge in [-0.1, -0.05) is 25.5 Å². The molecule has 7 atom stereocenters. The summed E-state index contributed by atoms with van der Waals surface area (Å²) in [5.41, 5.74) is 2.79. The van der Waals surface area contributed by atoms with E-state index in [1.54, 1.807) is 5.57 Å². The van der Waals surface area contributed by atoms with E-state index in [0.29, 0.717) is 28.8 Å². The molecule has 3 heteroatoms. The molecule has 0 radical (unpaired) electrons. The maximum absolute atomic E-state index is 6.26. The van der Waals surface area contributed by atoms with Gasteiger partial charge >= 0.3 is 0 Å². The summed E-state index contributed by atoms with van der Waals surface area (Å²) in [6.07, 6.45) is 12.0. The minimum atomic E-state index is -0.309. The second-order valence-corrected chi connectivity index (χ2v) is 10.3. The highest BCUT2D eigenvalue weighted by Crippen LogP contribution is 2.81. The zero-order valence-corrected chi connectivity index (χ0v) is 16.0. The average molecular weight is 344 g/mol. The zero-order chi connectivity index (χ0) is 17.1. The molecule has 0 amide bonds. The van der Waals surface area contributed by atoms with Crippen molar-refractivity contribution in [3.63, 3.8) is 0 Å². The molecule has 2 spiro atoms. The molecular weight excluding hydrogens is 312 g/mol. The molecule has 1 aliphatic heterocycles. The van der Waals surface area contributed by atoms with Crippen LogP contribution >= 0.6 is 0 Å². The predicted octanol–water partition coefficient (Wildman–Crippen LogP) is 4.32. The molecule has 3 nitrogen and oxygen atoms in total. The number of hydrogen-bond donors (Lipinski definition) is 0. The minimum Gasteiger partial charge on any atom is -0.381 e. The lowest BCUT2D eigenvalue weighted by molar-refractivity contribution is -0.230. The molecule has 1 saturated heterocycles. The molecule has 6 aliphatic rings. The highest BCUT2D eigenvalue weighted by atomic mass is 16.7. The van der Waals surface area contributed by atoms with Crippen molar-refractivity contribution in [3.05, 3.63) is 11.6 Å². The van der Waals surface area contributed by atoms with Crippen molar-refractivity contribution < 1.29 is 14.2 Å². The van der Waals surface area contributed by atoms with E-state index in [1.165, 1.54) is 32.1 Å². The lowest BCUT2D eigenvalue weighted by Gasteiger charge is -2.57. The van der Waals surface area contributed by atoms with Gasteiger partial charge in [0, 0.05) is 24.4 Å². The Morgan fingerprint density at radius 2 is 1.92 bits per heavy atom. The van der Waals surface area contributed by atoms with Gasteiger partial charge in [-0.15, -0.1) is 0 Å². The number of methoxy groups -OCH3 is 1. The van der Waals surface area contributed by atoms with Crippen LogP contribution in [0, 0.1) is 34.0 Å². The van der Waals surface area contributed by atoms with Crippen molar-refractivity contribution in [2.45, 2.75) is 70.7 Å². The summed E-state index contributed by atoms with van der Waals surface area (Å²) in [6.45, 7) is 6.58. The first-order chi connectivity index (χ1) is 12.0. The lowest BCUT2D eigenvalue weighted by Crippen LogP contribution is -2.55. The van der Waals surface area contributed by atoms with Gasteiger partial charge in [-0.25, -0.2) is 0 Å². The van der Waals surface area contributed by atoms with Crippen LogP contribution < -0.4 is 0 Å². The predicted molar refractivity (Wildman–Crippen MR) is 95.0 cm³/mol. The highest BCUT2D eigenvalue weighted by Gasteiger charge is 2.77. The van der Waals surface area contributed by atoms with Crippen LogP contribution in [0.2, 0.25) is 0 Å². The van der Waals surface area contributed by atoms with E-state index in [-0.39, 0.29) is 11.2 Å². The molecule has 6 rings (SSSR count). The van der Waals surface area contributed by atoms with Crippen molar-refractivity contribution in [1.82, 2.24) is 0 Å². The van der Waals surface area contributed by atoms with Crippen LogP contribution in [0.15, 0.2) is 11.6 Å². The van der Waals surface area contributed by atoms with E-state index in [9.17, 15) is 0 Å². The fourth-order valence-electron chi connectivity index (χ4n) is 8.72. The van der Waals surface area contributed by atoms with Gasteiger partial charge in [-0.05, 0) is 61.7 Å². The largest absolute Gasteiger partial charge is 0.381 e. The van der Waals surface area contributed by atoms with Crippen molar-refractivity contribution in [3.8, 4) is 0 Å². The molecule has 5 fully saturated rings. The topological polar surface area (TPSA) is 27.7 Å². The summed E-state index contributed by atoms with van der Waals surface area (Å²) in [5.74, 6) is 1.98. The molecule has 0 aromatic carbocycles. The second kappa shape index (κ2) is 4.54. The molecule has 138 valence electrons. The monoisotopic (exact) mass is 344 g/mol. The Labute approximate surface area is 151 Å². The van der Waals surface area contributed by atoms with Gasteiger partial charge in [-0.3, -0.25) is 0 Å². The van der Waals surface area contributed by atoms with Crippen LogP contribution in [-0.2, 0) is 14.2 Å². The minimum absolute atomic E-state index is 0.137. The molecule has 25 heavy (non-hydrogen) atoms. The zero-order valence-electron chi connectivity index (χ0n) is 16.0. The quantitative estimate of drug-likeness (QED) is 0.663. The second-order valence-electron chi connectivity index (χ2n) is 10.3. The third-order valence-electron chi connectivity index (χ3n) is 9.99. The molecule has 4 unspecified atom stereocenters. The van der Waals surface area contributed by atoms with Gasteiger partial charge in [0.2, 0.25) is 0 Å². The maximum atomic E-state index is 6.26. The van der Waals surface area contributed by atoms with Gasteiger partial charge in [-0.2, -0.15) is 0 Å². The van der Waals surface area contributed by atoms with Gasteiger partial charge in [0.05, 0.1) is 19.3 Å². The maximum Gasteiger partial charge on any atom is 0.174 e. The first-order valence-corrected chi connectivity index (χ1v) is 10.5. The Morgan fingerprint density at radius 1 is 1.12 bits per heavy atom. The third kappa shape index (κ3) is 1.51. The van der Waals surface area contributed by atoms with Crippen LogP contribution in [0.4, 0.5) is 0 Å². The standard InChI is InChI=1S/C22H32O3/c1-19-7-4-14-13-21(14,19)18(23-3)12-15-16(19)5-8-20(2)17(15)6-9-22(20)24-10-11-25-22/h5,14-15,17-18H,4,6-13H2,1-3H3/t14?,15?,17?,18-,19-,20+,21?/m1/s1. The van der Waals surface area contributed by atoms with Crippen molar-refractivity contribution in [2.75, 3.05) is 20.3 Å². The van der Waals surface area contributed by atoms with E-state index >= 15 is 0 Å². The SMILES string of the molecule is CO[C@@H]1CC2C(=CC[C@@]3(C)C2CCC32OCCO2)[C@@]2(C)CCC3CC312. The van der Waals surface area contributed by atoms with Crippen molar-refractivity contribution in [2.24, 2.45) is 34.0 Å². The van der Waals surface area contributed by atoms with Gasteiger partial charge in [0.1, 0.15) is 0 Å². The van der Waals surface area contributed by atoms with Crippen molar-refractivity contribution >= 4 is 0 Å². The van der Waals surface area contributed by atoms with Crippen molar-refractivity contribution in [1.29, 1.82) is 0 Å². The van der Waals surface area contributed by atoms with Crippen LogP contribution in [-0.4, -0.2) is 32.2 Å². The van der Waals surface area contributed by atoms with Crippen LogP contribution in [0.3, 0.4) is 0 Å². The summed E-state index contributed by atoms with van der Waals surface area (Å²) < 4.78 is 18.7. The summed E-state index contributed by atoms with van der Waals surface area (Å²) in [4.78, 5) is 0. The molecule has 1 heterocycles. The Bertz CT molecular complexity index is 650. The van der Waals surface area contributed by atoms with E-state index < -0.39 is 0 Å². The van der Waals surface area contributed by atoms with E-state index in [4.69, 9.17) is 14.2 Å². The number of hydrogen-bond acceptors (Lipinski definition) is 3. The highest BCUT2D eigenvalue weighted by molar-refractivity contribution is 5.39. The van der Waals surface area contributed by atoms with Gasteiger partial charge < -0.3 is 14.2 Å². The summed E-state index contributed by atoms with van der Waals surface area (Å²) >= 11 is 0. The third-order valence-corrected chi connectivity index (χ3v) is 9.99. The summed E-state index contributed by atoms with van der Waals surface area (Å²) in [7, 11) is 1.96. The Balaban J connectivity index is 1.45. The fraction of sp³-hybridized carbons (Fsp3) is 0.909. The molecule has 0 aromatic heterocycles. The van der Waals surface area contributed by atoms with E-state index in [1.807, 2.05) is 7.11 Å². The molecule has 0 bridgehead atoms. The number of rotatable bonds is 1. The normalized spacial score (nSPS) is 57.6. The average Bonchev–Trinajstić information content (AvgIpc) is 2.91. The van der Waals surface area contributed by atoms with E-state index in [2.05, 4.69) is 19.9 Å². The number of ether oxygens (including phenoxy) is 3. The summed E-state index contributed by atoms with van der Waals surface area (Å²) in [5, 5.41) is 0. The summed E-state index contributed by atoms with van der Waals surface area (Å²) in [6, 6.07) is 0. The molecule has 0 aromatic rings. The molecule has 4 saturated carbocycles. The first kappa shape index (κ1) is 15.7. The molecular formula is C22H32O3. The van der Waals surface area contributed by atoms with E-state index in [0.717, 1.165) is 32.0 Å². The van der Waals surface area contributed by atoms with Gasteiger partial charge in [0.25, 0.3) is 0 Å². The number of allylic oxidation sites excluding steroid dienone is 2. The number of fused-ring (bicyclic) bond motifs is 5. The Morgan fingerprint density at radius 3 is 2.64 bits per heavy atom. The van der Waals surface area contributed by atoms with Crippen LogP contribution in [0.25, 0.3) is 0 Å². The Kier molecular flexibility index (Phi) is 2.84. The van der Waals surface area contributed by atoms with Crippen LogP contribution in [0.5, 0.6) is 0 Å². The fourth-order valence-corrected chi connectivity index (χ4v) is 8.72. The first-order valence-electron chi connectivity index (χ1n) is 10.5. The molecule has 5 aliphatic carbocycles. The molecule has 0 N–H and O–H groups in total.